The number of hydrogen-bond donors (Lipinski definition) is 0. The van der Waals surface area contributed by atoms with Gasteiger partial charge < -0.3 is 24.0 Å². The molecule has 3 aromatic heterocycles. The molecule has 0 bridgehead atoms. The van der Waals surface area contributed by atoms with Gasteiger partial charge in [0.05, 0.1) is 28.3 Å². The smallest absolute Gasteiger partial charge is 0.410 e. The zero-order valence-electron chi connectivity index (χ0n) is 25.4. The van der Waals surface area contributed by atoms with Crippen molar-refractivity contribution in [3.05, 3.63) is 42.1 Å². The van der Waals surface area contributed by atoms with Gasteiger partial charge in [-0.25, -0.2) is 14.8 Å². The first kappa shape index (κ1) is 28.2. The second-order valence-corrected chi connectivity index (χ2v) is 12.5. The van der Waals surface area contributed by atoms with Gasteiger partial charge in [-0.3, -0.25) is 4.68 Å². The Kier molecular flexibility index (Phi) is 7.43. The van der Waals surface area contributed by atoms with Crippen LogP contribution in [-0.2, 0) is 16.5 Å². The summed E-state index contributed by atoms with van der Waals surface area (Å²) in [4.78, 5) is 27.3. The Labute approximate surface area is 246 Å². The maximum atomic E-state index is 13.1. The van der Waals surface area contributed by atoms with E-state index >= 15 is 0 Å². The number of ether oxygens (including phenoxy) is 3. The summed E-state index contributed by atoms with van der Waals surface area (Å²) in [5.41, 5.74) is 4.63. The van der Waals surface area contributed by atoms with Crippen LogP contribution in [0.4, 0.5) is 10.6 Å². The van der Waals surface area contributed by atoms with Crippen molar-refractivity contribution < 1.29 is 19.0 Å². The molecule has 10 nitrogen and oxygen atoms in total. The summed E-state index contributed by atoms with van der Waals surface area (Å²) in [7, 11) is 3.52. The largest absolute Gasteiger partial charge is 0.466 e. The number of fused-ring (bicyclic) bond motifs is 2. The third-order valence-corrected chi connectivity index (χ3v) is 7.93. The van der Waals surface area contributed by atoms with Crippen LogP contribution in [0.3, 0.4) is 0 Å². The molecule has 222 valence electrons. The molecular weight excluding hydrogens is 532 g/mol. The third kappa shape index (κ3) is 5.86. The van der Waals surface area contributed by atoms with Crippen LogP contribution < -0.4 is 9.64 Å². The number of anilines is 1. The highest BCUT2D eigenvalue weighted by Crippen LogP contribution is 2.38. The Morgan fingerprint density at radius 3 is 2.60 bits per heavy atom. The summed E-state index contributed by atoms with van der Waals surface area (Å²) >= 11 is 0. The van der Waals surface area contributed by atoms with Gasteiger partial charge in [-0.2, -0.15) is 5.10 Å². The molecule has 1 amide bonds. The van der Waals surface area contributed by atoms with Crippen molar-refractivity contribution in [1.82, 2.24) is 24.6 Å². The van der Waals surface area contributed by atoms with Crippen LogP contribution in [0.25, 0.3) is 33.2 Å². The average molecular weight is 573 g/mol. The summed E-state index contributed by atoms with van der Waals surface area (Å²) in [5.74, 6) is 2.20. The second-order valence-electron chi connectivity index (χ2n) is 12.5. The van der Waals surface area contributed by atoms with Crippen LogP contribution in [0.1, 0.15) is 45.6 Å². The number of amides is 1. The van der Waals surface area contributed by atoms with E-state index in [-0.39, 0.29) is 18.9 Å². The fourth-order valence-electron chi connectivity index (χ4n) is 5.73. The van der Waals surface area contributed by atoms with Crippen LogP contribution in [0.5, 0.6) is 5.75 Å². The molecule has 1 unspecified atom stereocenters. The van der Waals surface area contributed by atoms with Crippen molar-refractivity contribution >= 4 is 33.8 Å². The van der Waals surface area contributed by atoms with Crippen LogP contribution >= 0.6 is 0 Å². The molecule has 0 N–H and O–H groups in total. The minimum absolute atomic E-state index is 0.106. The average Bonchev–Trinajstić information content (AvgIpc) is 3.49. The number of methoxy groups -OCH3 is 1. The standard InChI is InChI=1S/C32H40N6O4/c1-20-29-22(17-36(5)35-29)15-24(30(20)41-19-40-6)25-9-10-27-26(33-25)11-12-28(34-27)37-14-13-23(18-37)38(16-21-7-8-21)31(39)42-32(2,3)4/h9-12,15,17,21,23H,7-8,13-14,16,18-19H2,1-6H3. The van der Waals surface area contributed by atoms with Crippen molar-refractivity contribution in [3.8, 4) is 17.0 Å². The topological polar surface area (TPSA) is 94.8 Å². The molecule has 6 rings (SSSR count). The van der Waals surface area contributed by atoms with Gasteiger partial charge in [-0.05, 0) is 83.2 Å². The summed E-state index contributed by atoms with van der Waals surface area (Å²) in [6, 6.07) is 10.2. The fraction of sp³-hybridized carbons (Fsp3) is 0.500. The van der Waals surface area contributed by atoms with Gasteiger partial charge in [0.1, 0.15) is 17.2 Å². The molecule has 2 aliphatic rings. The highest BCUT2D eigenvalue weighted by Gasteiger charge is 2.37. The number of carbonyl (C=O) groups is 1. The zero-order chi connectivity index (χ0) is 29.6. The normalized spacial score (nSPS) is 17.3. The van der Waals surface area contributed by atoms with Gasteiger partial charge in [0.15, 0.2) is 6.79 Å². The lowest BCUT2D eigenvalue weighted by Gasteiger charge is -2.32. The molecule has 1 saturated carbocycles. The molecule has 4 heterocycles. The lowest BCUT2D eigenvalue weighted by atomic mass is 10.0. The lowest BCUT2D eigenvalue weighted by molar-refractivity contribution is 0.0167. The van der Waals surface area contributed by atoms with E-state index in [9.17, 15) is 4.79 Å². The monoisotopic (exact) mass is 572 g/mol. The fourth-order valence-corrected chi connectivity index (χ4v) is 5.73. The van der Waals surface area contributed by atoms with Crippen molar-refractivity contribution in [3.63, 3.8) is 0 Å². The van der Waals surface area contributed by atoms with Gasteiger partial charge in [-0.1, -0.05) is 0 Å². The molecule has 1 saturated heterocycles. The highest BCUT2D eigenvalue weighted by atomic mass is 16.7. The second kappa shape index (κ2) is 11.1. The molecule has 0 radical (unpaired) electrons. The SMILES string of the molecule is COCOc1c(-c2ccc3nc(N4CCC(N(CC5CC5)C(=O)OC(C)(C)C)C4)ccc3n2)cc2cn(C)nc2c1C. The summed E-state index contributed by atoms with van der Waals surface area (Å²) in [5, 5.41) is 5.63. The molecule has 2 fully saturated rings. The van der Waals surface area contributed by atoms with Crippen molar-refractivity contribution in [1.29, 1.82) is 0 Å². The number of nitrogens with zero attached hydrogens (tertiary/aromatic N) is 6. The Balaban J connectivity index is 1.25. The van der Waals surface area contributed by atoms with Crippen LogP contribution in [0.2, 0.25) is 0 Å². The Morgan fingerprint density at radius 2 is 1.86 bits per heavy atom. The van der Waals surface area contributed by atoms with Gasteiger partial charge in [0, 0.05) is 56.5 Å². The number of aryl methyl sites for hydroxylation is 2. The maximum Gasteiger partial charge on any atom is 0.410 e. The first-order valence-corrected chi connectivity index (χ1v) is 14.7. The summed E-state index contributed by atoms with van der Waals surface area (Å²) in [6.45, 7) is 10.3. The lowest BCUT2D eigenvalue weighted by Crippen LogP contribution is -2.45. The number of aromatic nitrogens is 4. The van der Waals surface area contributed by atoms with Gasteiger partial charge in [-0.15, -0.1) is 0 Å². The minimum Gasteiger partial charge on any atom is -0.466 e. The molecule has 4 aromatic rings. The van der Waals surface area contributed by atoms with E-state index in [1.807, 2.05) is 74.8 Å². The first-order valence-electron chi connectivity index (χ1n) is 14.7. The Morgan fingerprint density at radius 1 is 1.10 bits per heavy atom. The van der Waals surface area contributed by atoms with Gasteiger partial charge in [0.25, 0.3) is 0 Å². The Hall–Kier alpha value is -3.92. The predicted molar refractivity (Wildman–Crippen MR) is 163 cm³/mol. The third-order valence-electron chi connectivity index (χ3n) is 7.93. The maximum absolute atomic E-state index is 13.1. The van der Waals surface area contributed by atoms with E-state index in [0.717, 1.165) is 70.6 Å². The molecule has 0 spiro atoms. The number of pyridine rings is 2. The van der Waals surface area contributed by atoms with Crippen molar-refractivity contribution in [2.45, 2.75) is 58.6 Å². The first-order chi connectivity index (χ1) is 20.1. The van der Waals surface area contributed by atoms with E-state index in [0.29, 0.717) is 11.7 Å². The zero-order valence-corrected chi connectivity index (χ0v) is 25.4. The quantitative estimate of drug-likeness (QED) is 0.248. The molecule has 1 atom stereocenters. The molecule has 1 aliphatic carbocycles. The predicted octanol–water partition coefficient (Wildman–Crippen LogP) is 5.70. The van der Waals surface area contributed by atoms with Crippen LogP contribution in [0, 0.1) is 12.8 Å². The highest BCUT2D eigenvalue weighted by molar-refractivity contribution is 5.92. The summed E-state index contributed by atoms with van der Waals surface area (Å²) < 4.78 is 18.8. The number of carbonyl (C=O) groups excluding carboxylic acids is 1. The van der Waals surface area contributed by atoms with E-state index in [2.05, 4.69) is 16.1 Å². The molecule has 1 aromatic carbocycles. The van der Waals surface area contributed by atoms with Crippen molar-refractivity contribution in [2.75, 3.05) is 38.4 Å². The summed E-state index contributed by atoms with van der Waals surface area (Å²) in [6.07, 6.45) is 5.05. The van der Waals surface area contributed by atoms with Crippen LogP contribution in [-0.4, -0.2) is 75.9 Å². The van der Waals surface area contributed by atoms with Gasteiger partial charge >= 0.3 is 6.09 Å². The number of hydrogen-bond acceptors (Lipinski definition) is 8. The number of rotatable bonds is 8. The molecule has 10 heteroatoms. The Bertz CT molecular complexity index is 1620. The van der Waals surface area contributed by atoms with E-state index in [4.69, 9.17) is 24.2 Å². The molecular formula is C32H40N6O4. The van der Waals surface area contributed by atoms with E-state index in [1.54, 1.807) is 7.11 Å². The van der Waals surface area contributed by atoms with Crippen LogP contribution in [0.15, 0.2) is 36.5 Å². The molecule has 42 heavy (non-hydrogen) atoms. The van der Waals surface area contributed by atoms with Gasteiger partial charge in [0.2, 0.25) is 0 Å². The number of benzene rings is 1. The minimum atomic E-state index is -0.512. The van der Waals surface area contributed by atoms with E-state index < -0.39 is 5.60 Å². The van der Waals surface area contributed by atoms with Crippen molar-refractivity contribution in [2.24, 2.45) is 13.0 Å². The van der Waals surface area contributed by atoms with E-state index in [1.165, 1.54) is 12.8 Å². The molecule has 1 aliphatic heterocycles.